The van der Waals surface area contributed by atoms with Crippen LogP contribution in [0.3, 0.4) is 0 Å². The number of nitrogens with one attached hydrogen (secondary N) is 1. The van der Waals surface area contributed by atoms with Crippen molar-refractivity contribution in [3.8, 4) is 5.75 Å². The minimum Gasteiger partial charge on any atom is -0.497 e. The molecule has 0 saturated carbocycles. The second-order valence-corrected chi connectivity index (χ2v) is 8.43. The number of carboxylic acids is 1. The van der Waals surface area contributed by atoms with E-state index >= 15 is 0 Å². The number of carbonyl (C=O) groups excluding carboxylic acids is 2. The molecule has 2 aromatic rings. The van der Waals surface area contributed by atoms with Gasteiger partial charge in [-0.2, -0.15) is 0 Å². The minimum absolute atomic E-state index is 0.00995. The first kappa shape index (κ1) is 22.1. The molecule has 1 unspecified atom stereocenters. The third kappa shape index (κ3) is 4.61. The number of benzene rings is 2. The summed E-state index contributed by atoms with van der Waals surface area (Å²) in [5.74, 6) is -2.60. The standard InChI is InChI=1S/C20H20N2O8S/c1-29-14-5-8-17(16(10-14)20(26)30-2)21-31(27,28)15-6-3-13(4-7-15)22-11-12(19(24)25)9-18(22)23/h3-8,10,12,21H,9,11H2,1-2H3,(H,24,25). The normalized spacial score (nSPS) is 16.1. The number of carbonyl (C=O) groups is 3. The highest BCUT2D eigenvalue weighted by Gasteiger charge is 2.35. The molecule has 3 rings (SSSR count). The number of hydrogen-bond acceptors (Lipinski definition) is 7. The molecule has 1 fully saturated rings. The molecule has 164 valence electrons. The van der Waals surface area contributed by atoms with Gasteiger partial charge >= 0.3 is 11.9 Å². The quantitative estimate of drug-likeness (QED) is 0.611. The van der Waals surface area contributed by atoms with Crippen LogP contribution in [0.25, 0.3) is 0 Å². The van der Waals surface area contributed by atoms with Crippen molar-refractivity contribution in [1.82, 2.24) is 0 Å². The van der Waals surface area contributed by atoms with E-state index in [1.54, 1.807) is 0 Å². The number of carboxylic acid groups (broad SMARTS) is 1. The Labute approximate surface area is 178 Å². The number of ether oxygens (including phenoxy) is 2. The number of sulfonamides is 1. The molecule has 2 N–H and O–H groups in total. The molecule has 0 aromatic heterocycles. The number of nitrogens with zero attached hydrogens (tertiary/aromatic N) is 1. The van der Waals surface area contributed by atoms with Crippen LogP contribution >= 0.6 is 0 Å². The van der Waals surface area contributed by atoms with Gasteiger partial charge in [-0.3, -0.25) is 14.3 Å². The highest BCUT2D eigenvalue weighted by molar-refractivity contribution is 7.92. The monoisotopic (exact) mass is 448 g/mol. The largest absolute Gasteiger partial charge is 0.497 e. The van der Waals surface area contributed by atoms with Gasteiger partial charge in [-0.05, 0) is 42.5 Å². The van der Waals surface area contributed by atoms with Gasteiger partial charge in [0.05, 0.1) is 36.3 Å². The van der Waals surface area contributed by atoms with Crippen molar-refractivity contribution < 1.29 is 37.4 Å². The van der Waals surface area contributed by atoms with Gasteiger partial charge in [0.1, 0.15) is 5.75 Å². The van der Waals surface area contributed by atoms with Gasteiger partial charge in [0.15, 0.2) is 0 Å². The molecule has 10 nitrogen and oxygen atoms in total. The van der Waals surface area contributed by atoms with Crippen LogP contribution in [0.5, 0.6) is 5.75 Å². The van der Waals surface area contributed by atoms with Crippen molar-refractivity contribution in [3.05, 3.63) is 48.0 Å². The van der Waals surface area contributed by atoms with Crippen LogP contribution in [0.4, 0.5) is 11.4 Å². The Morgan fingerprint density at radius 2 is 1.81 bits per heavy atom. The van der Waals surface area contributed by atoms with E-state index in [4.69, 9.17) is 14.6 Å². The number of methoxy groups -OCH3 is 2. The van der Waals surface area contributed by atoms with Crippen molar-refractivity contribution in [2.45, 2.75) is 11.3 Å². The number of esters is 1. The highest BCUT2D eigenvalue weighted by Crippen LogP contribution is 2.28. The zero-order valence-corrected chi connectivity index (χ0v) is 17.5. The van der Waals surface area contributed by atoms with Crippen molar-refractivity contribution >= 4 is 39.2 Å². The first-order valence-electron chi connectivity index (χ1n) is 9.08. The van der Waals surface area contributed by atoms with Crippen LogP contribution in [-0.2, 0) is 24.3 Å². The number of hydrogen-bond donors (Lipinski definition) is 2. The summed E-state index contributed by atoms with van der Waals surface area (Å²) < 4.78 is 37.7. The molecule has 11 heteroatoms. The average molecular weight is 448 g/mol. The van der Waals surface area contributed by atoms with Crippen LogP contribution in [0.1, 0.15) is 16.8 Å². The molecule has 0 radical (unpaired) electrons. The molecule has 1 aliphatic rings. The molecule has 0 spiro atoms. The molecular weight excluding hydrogens is 428 g/mol. The van der Waals surface area contributed by atoms with Crippen molar-refractivity contribution in [1.29, 1.82) is 0 Å². The summed E-state index contributed by atoms with van der Waals surface area (Å²) in [4.78, 5) is 36.4. The van der Waals surface area contributed by atoms with E-state index in [1.807, 2.05) is 0 Å². The molecule has 1 amide bonds. The third-order valence-corrected chi connectivity index (χ3v) is 6.19. The topological polar surface area (TPSA) is 139 Å². The smallest absolute Gasteiger partial charge is 0.340 e. The Morgan fingerprint density at radius 1 is 1.13 bits per heavy atom. The van der Waals surface area contributed by atoms with Crippen LogP contribution in [0, 0.1) is 5.92 Å². The van der Waals surface area contributed by atoms with Gasteiger partial charge in [-0.15, -0.1) is 0 Å². The van der Waals surface area contributed by atoms with E-state index in [0.717, 1.165) is 0 Å². The Balaban J connectivity index is 1.85. The van der Waals surface area contributed by atoms with Crippen LogP contribution in [0.2, 0.25) is 0 Å². The number of aliphatic carboxylic acids is 1. The van der Waals surface area contributed by atoms with E-state index in [9.17, 15) is 22.8 Å². The van der Waals surface area contributed by atoms with E-state index in [-0.39, 0.29) is 35.0 Å². The number of anilines is 2. The van der Waals surface area contributed by atoms with Gasteiger partial charge < -0.3 is 19.5 Å². The first-order valence-corrected chi connectivity index (χ1v) is 10.6. The van der Waals surface area contributed by atoms with Gasteiger partial charge in [-0.25, -0.2) is 13.2 Å². The van der Waals surface area contributed by atoms with Crippen molar-refractivity contribution in [3.63, 3.8) is 0 Å². The zero-order chi connectivity index (χ0) is 22.8. The molecule has 0 bridgehead atoms. The third-order valence-electron chi connectivity index (χ3n) is 4.81. The van der Waals surface area contributed by atoms with Crippen LogP contribution in [0.15, 0.2) is 47.4 Å². The molecule has 1 aliphatic heterocycles. The van der Waals surface area contributed by atoms with Crippen molar-refractivity contribution in [2.75, 3.05) is 30.4 Å². The van der Waals surface area contributed by atoms with E-state index in [2.05, 4.69) is 4.72 Å². The Hall–Kier alpha value is -3.60. The van der Waals surface area contributed by atoms with Gasteiger partial charge in [0.2, 0.25) is 5.91 Å². The fraction of sp³-hybridized carbons (Fsp3) is 0.250. The summed E-state index contributed by atoms with van der Waals surface area (Å²) in [6.07, 6.45) is -0.106. The Morgan fingerprint density at radius 3 is 2.35 bits per heavy atom. The Bertz CT molecular complexity index is 1130. The second-order valence-electron chi connectivity index (χ2n) is 6.75. The van der Waals surface area contributed by atoms with Crippen molar-refractivity contribution in [2.24, 2.45) is 5.92 Å². The summed E-state index contributed by atoms with van der Waals surface area (Å²) in [6.45, 7) is 0.0207. The highest BCUT2D eigenvalue weighted by atomic mass is 32.2. The fourth-order valence-electron chi connectivity index (χ4n) is 3.15. The summed E-state index contributed by atoms with van der Waals surface area (Å²) in [6, 6.07) is 9.65. The predicted octanol–water partition coefficient (Wildman–Crippen LogP) is 1.72. The number of rotatable bonds is 7. The fourth-order valence-corrected chi connectivity index (χ4v) is 4.23. The van der Waals surface area contributed by atoms with E-state index in [0.29, 0.717) is 11.4 Å². The molecule has 1 saturated heterocycles. The maximum Gasteiger partial charge on any atom is 0.340 e. The van der Waals surface area contributed by atoms with E-state index < -0.39 is 27.9 Å². The average Bonchev–Trinajstić information content (AvgIpc) is 3.15. The molecule has 2 aromatic carbocycles. The first-order chi connectivity index (χ1) is 14.7. The lowest BCUT2D eigenvalue weighted by molar-refractivity contribution is -0.141. The molecule has 1 atom stereocenters. The summed E-state index contributed by atoms with van der Waals surface area (Å²) in [7, 11) is -1.49. The van der Waals surface area contributed by atoms with Crippen LogP contribution < -0.4 is 14.4 Å². The molecule has 1 heterocycles. The lowest BCUT2D eigenvalue weighted by atomic mass is 10.1. The zero-order valence-electron chi connectivity index (χ0n) is 16.7. The van der Waals surface area contributed by atoms with E-state index in [1.165, 1.54) is 61.6 Å². The lowest BCUT2D eigenvalue weighted by Gasteiger charge is -2.17. The maximum absolute atomic E-state index is 12.8. The SMILES string of the molecule is COC(=O)c1cc(OC)ccc1NS(=O)(=O)c1ccc(N2CC(C(=O)O)CC2=O)cc1. The summed E-state index contributed by atoms with van der Waals surface area (Å²) >= 11 is 0. The van der Waals surface area contributed by atoms with Crippen LogP contribution in [-0.4, -0.2) is 52.1 Å². The molecular formula is C20H20N2O8S. The summed E-state index contributed by atoms with van der Waals surface area (Å²) in [5.41, 5.74) is 0.382. The van der Waals surface area contributed by atoms with Gasteiger partial charge in [0.25, 0.3) is 10.0 Å². The molecule has 31 heavy (non-hydrogen) atoms. The van der Waals surface area contributed by atoms with Gasteiger partial charge in [-0.1, -0.05) is 0 Å². The lowest BCUT2D eigenvalue weighted by Crippen LogP contribution is -2.25. The summed E-state index contributed by atoms with van der Waals surface area (Å²) in [5, 5.41) is 9.09. The maximum atomic E-state index is 12.8. The second kappa shape index (κ2) is 8.64. The Kier molecular flexibility index (Phi) is 6.16. The minimum atomic E-state index is -4.07. The van der Waals surface area contributed by atoms with Gasteiger partial charge in [0, 0.05) is 18.7 Å². The predicted molar refractivity (Wildman–Crippen MR) is 110 cm³/mol. The number of amides is 1. The molecule has 0 aliphatic carbocycles.